The van der Waals surface area contributed by atoms with Crippen molar-refractivity contribution in [2.45, 2.75) is 13.5 Å². The first kappa shape index (κ1) is 19.5. The number of hydrogen-bond donors (Lipinski definition) is 1. The summed E-state index contributed by atoms with van der Waals surface area (Å²) in [5.41, 5.74) is 1.22. The molecule has 0 unspecified atom stereocenters. The number of likely N-dealkylation sites (N-methyl/N-ethyl adjacent to an activating group) is 1. The van der Waals surface area contributed by atoms with E-state index in [1.165, 1.54) is 13.2 Å². The molecule has 0 heterocycles. The molecule has 2 aromatic carbocycles. The van der Waals surface area contributed by atoms with Crippen LogP contribution in [-0.4, -0.2) is 31.0 Å². The maximum atomic E-state index is 13.8. The van der Waals surface area contributed by atoms with E-state index < -0.39 is 5.82 Å². The molecule has 0 fully saturated rings. The molecule has 1 N–H and O–H groups in total. The summed E-state index contributed by atoms with van der Waals surface area (Å²) in [5.74, 6) is -0.452. The fraction of sp³-hybridized carbons (Fsp3) is 0.278. The molecular weight excluding hydrogens is 366 g/mol. The number of hydrogen-bond acceptors (Lipinski definition) is 3. The first-order valence-corrected chi connectivity index (χ1v) is 8.48. The average molecular weight is 385 g/mol. The lowest BCUT2D eigenvalue weighted by molar-refractivity contribution is -0.117. The molecule has 0 atom stereocenters. The van der Waals surface area contributed by atoms with Crippen LogP contribution in [0, 0.1) is 5.82 Å². The zero-order valence-corrected chi connectivity index (χ0v) is 15.5. The quantitative estimate of drug-likeness (QED) is 0.757. The first-order chi connectivity index (χ1) is 11.9. The summed E-state index contributed by atoms with van der Waals surface area (Å²) in [6, 6.07) is 9.80. The van der Waals surface area contributed by atoms with E-state index in [4.69, 9.17) is 27.9 Å². The number of ether oxygens (including phenoxy) is 1. The number of methoxy groups -OCH3 is 1. The largest absolute Gasteiger partial charge is 0.494 e. The Kier molecular flexibility index (Phi) is 7.05. The molecule has 0 bridgehead atoms. The monoisotopic (exact) mass is 384 g/mol. The Morgan fingerprint density at radius 1 is 1.28 bits per heavy atom. The molecular formula is C18H19Cl2FN2O2. The lowest BCUT2D eigenvalue weighted by atomic mass is 10.2. The van der Waals surface area contributed by atoms with Crippen molar-refractivity contribution >= 4 is 34.8 Å². The summed E-state index contributed by atoms with van der Waals surface area (Å²) in [6.07, 6.45) is 0. The van der Waals surface area contributed by atoms with E-state index in [9.17, 15) is 9.18 Å². The highest BCUT2D eigenvalue weighted by molar-refractivity contribution is 6.43. The van der Waals surface area contributed by atoms with Gasteiger partial charge in [-0.15, -0.1) is 0 Å². The molecule has 0 saturated heterocycles. The van der Waals surface area contributed by atoms with Gasteiger partial charge in [-0.3, -0.25) is 9.69 Å². The van der Waals surface area contributed by atoms with Crippen molar-refractivity contribution in [3.05, 3.63) is 57.8 Å². The summed E-state index contributed by atoms with van der Waals surface area (Å²) in [6.45, 7) is 3.14. The lowest BCUT2D eigenvalue weighted by Gasteiger charge is -2.20. The van der Waals surface area contributed by atoms with Gasteiger partial charge in [0, 0.05) is 6.54 Å². The van der Waals surface area contributed by atoms with Crippen LogP contribution in [-0.2, 0) is 11.3 Å². The third-order valence-corrected chi connectivity index (χ3v) is 4.48. The van der Waals surface area contributed by atoms with Gasteiger partial charge in [0.2, 0.25) is 5.91 Å². The zero-order chi connectivity index (χ0) is 18.4. The van der Waals surface area contributed by atoms with Gasteiger partial charge in [-0.25, -0.2) is 4.39 Å². The standard InChI is InChI=1S/C18H19Cl2FN2O2/c1-3-23(10-12-7-8-16(25-2)14(21)9-12)11-17(24)22-15-6-4-5-13(19)18(15)20/h4-9H,3,10-11H2,1-2H3,(H,22,24). The molecule has 7 heteroatoms. The summed E-state index contributed by atoms with van der Waals surface area (Å²) in [4.78, 5) is 14.1. The fourth-order valence-corrected chi connectivity index (χ4v) is 2.69. The van der Waals surface area contributed by atoms with Crippen molar-refractivity contribution in [3.63, 3.8) is 0 Å². The third kappa shape index (κ3) is 5.33. The van der Waals surface area contributed by atoms with Gasteiger partial charge in [-0.05, 0) is 36.4 Å². The number of nitrogens with zero attached hydrogens (tertiary/aromatic N) is 1. The van der Waals surface area contributed by atoms with Gasteiger partial charge in [-0.1, -0.05) is 42.3 Å². The molecule has 0 aliphatic carbocycles. The molecule has 1 amide bonds. The maximum absolute atomic E-state index is 13.8. The molecule has 25 heavy (non-hydrogen) atoms. The van der Waals surface area contributed by atoms with E-state index >= 15 is 0 Å². The van der Waals surface area contributed by atoms with E-state index in [1.807, 2.05) is 11.8 Å². The van der Waals surface area contributed by atoms with E-state index in [1.54, 1.807) is 30.3 Å². The van der Waals surface area contributed by atoms with Gasteiger partial charge >= 0.3 is 0 Å². The summed E-state index contributed by atoms with van der Waals surface area (Å²) >= 11 is 12.0. The van der Waals surface area contributed by atoms with Crippen LogP contribution >= 0.6 is 23.2 Å². The van der Waals surface area contributed by atoms with Crippen molar-refractivity contribution in [1.82, 2.24) is 4.90 Å². The van der Waals surface area contributed by atoms with Crippen molar-refractivity contribution in [2.75, 3.05) is 25.5 Å². The highest BCUT2D eigenvalue weighted by Gasteiger charge is 2.13. The van der Waals surface area contributed by atoms with Crippen LogP contribution in [0.5, 0.6) is 5.75 Å². The second-order valence-electron chi connectivity index (χ2n) is 5.42. The van der Waals surface area contributed by atoms with Gasteiger partial charge in [0.25, 0.3) is 0 Å². The molecule has 134 valence electrons. The summed E-state index contributed by atoms with van der Waals surface area (Å²) in [5, 5.41) is 3.42. The number of nitrogens with one attached hydrogen (secondary N) is 1. The Morgan fingerprint density at radius 3 is 2.68 bits per heavy atom. The molecule has 0 aliphatic rings. The van der Waals surface area contributed by atoms with Gasteiger partial charge in [0.1, 0.15) is 0 Å². The normalized spacial score (nSPS) is 10.8. The van der Waals surface area contributed by atoms with Crippen molar-refractivity contribution in [3.8, 4) is 5.75 Å². The minimum atomic E-state index is -0.425. The predicted molar refractivity (Wildman–Crippen MR) is 99.0 cm³/mol. The molecule has 2 aromatic rings. The van der Waals surface area contributed by atoms with Crippen LogP contribution < -0.4 is 10.1 Å². The van der Waals surface area contributed by atoms with Crippen LogP contribution in [0.25, 0.3) is 0 Å². The maximum Gasteiger partial charge on any atom is 0.238 e. The minimum absolute atomic E-state index is 0.146. The number of rotatable bonds is 7. The molecule has 2 rings (SSSR count). The van der Waals surface area contributed by atoms with Crippen molar-refractivity contribution in [2.24, 2.45) is 0 Å². The number of amides is 1. The van der Waals surface area contributed by atoms with Crippen LogP contribution in [0.4, 0.5) is 10.1 Å². The Labute approximate surface area is 156 Å². The number of halogens is 3. The van der Waals surface area contributed by atoms with Crippen molar-refractivity contribution in [1.29, 1.82) is 0 Å². The Balaban J connectivity index is 2.00. The van der Waals surface area contributed by atoms with Crippen LogP contribution in [0.2, 0.25) is 10.0 Å². The second kappa shape index (κ2) is 9.04. The van der Waals surface area contributed by atoms with Crippen molar-refractivity contribution < 1.29 is 13.9 Å². The molecule has 0 aliphatic heterocycles. The molecule has 4 nitrogen and oxygen atoms in total. The van der Waals surface area contributed by atoms with Crippen LogP contribution in [0.3, 0.4) is 0 Å². The number of carbonyl (C=O) groups excluding carboxylic acids is 1. The third-order valence-electron chi connectivity index (χ3n) is 3.66. The number of benzene rings is 2. The summed E-state index contributed by atoms with van der Waals surface area (Å²) < 4.78 is 18.7. The van der Waals surface area contributed by atoms with Gasteiger partial charge in [0.15, 0.2) is 11.6 Å². The van der Waals surface area contributed by atoms with Gasteiger partial charge < -0.3 is 10.1 Å². The van der Waals surface area contributed by atoms with E-state index in [0.29, 0.717) is 28.8 Å². The Morgan fingerprint density at radius 2 is 2.04 bits per heavy atom. The molecule has 0 aromatic heterocycles. The highest BCUT2D eigenvalue weighted by atomic mass is 35.5. The average Bonchev–Trinajstić information content (AvgIpc) is 2.58. The molecule has 0 spiro atoms. The fourth-order valence-electron chi connectivity index (χ4n) is 2.34. The minimum Gasteiger partial charge on any atom is -0.494 e. The van der Waals surface area contributed by atoms with E-state index in [2.05, 4.69) is 5.32 Å². The van der Waals surface area contributed by atoms with Gasteiger partial charge in [-0.2, -0.15) is 0 Å². The lowest BCUT2D eigenvalue weighted by Crippen LogP contribution is -2.32. The SMILES string of the molecule is CCN(CC(=O)Nc1cccc(Cl)c1Cl)Cc1ccc(OC)c(F)c1. The van der Waals surface area contributed by atoms with E-state index in [0.717, 1.165) is 5.56 Å². The van der Waals surface area contributed by atoms with E-state index in [-0.39, 0.29) is 18.2 Å². The Bertz CT molecular complexity index is 756. The number of anilines is 1. The topological polar surface area (TPSA) is 41.6 Å². The molecule has 0 saturated carbocycles. The van der Waals surface area contributed by atoms with Gasteiger partial charge in [0.05, 0.1) is 29.4 Å². The highest BCUT2D eigenvalue weighted by Crippen LogP contribution is 2.29. The van der Waals surface area contributed by atoms with Crippen LogP contribution in [0.1, 0.15) is 12.5 Å². The number of carbonyl (C=O) groups is 1. The first-order valence-electron chi connectivity index (χ1n) is 7.73. The zero-order valence-electron chi connectivity index (χ0n) is 14.0. The smallest absolute Gasteiger partial charge is 0.238 e. The summed E-state index contributed by atoms with van der Waals surface area (Å²) in [7, 11) is 1.42. The Hall–Kier alpha value is -1.82. The second-order valence-corrected chi connectivity index (χ2v) is 6.21. The predicted octanol–water partition coefficient (Wildman–Crippen LogP) is 4.60. The molecule has 0 radical (unpaired) electrons. The van der Waals surface area contributed by atoms with Crippen LogP contribution in [0.15, 0.2) is 36.4 Å².